The summed E-state index contributed by atoms with van der Waals surface area (Å²) >= 11 is 12.1. The highest BCUT2D eigenvalue weighted by Crippen LogP contribution is 2.23. The Morgan fingerprint density at radius 3 is 2.18 bits per heavy atom. The van der Waals surface area contributed by atoms with E-state index in [1.165, 1.54) is 6.21 Å². The molecule has 0 bridgehead atoms. The van der Waals surface area contributed by atoms with Crippen LogP contribution < -0.4 is 10.2 Å². The molecular formula is C22H18Cl2N2O2. The Kier molecular flexibility index (Phi) is 6.69. The summed E-state index contributed by atoms with van der Waals surface area (Å²) < 4.78 is 5.68. The Morgan fingerprint density at radius 1 is 0.929 bits per heavy atom. The van der Waals surface area contributed by atoms with E-state index >= 15 is 0 Å². The molecule has 1 amide bonds. The molecule has 0 heterocycles. The van der Waals surface area contributed by atoms with E-state index in [0.717, 1.165) is 11.1 Å². The van der Waals surface area contributed by atoms with Crippen LogP contribution in [0.25, 0.3) is 11.1 Å². The van der Waals surface area contributed by atoms with E-state index in [1.54, 1.807) is 25.1 Å². The molecule has 0 aliphatic rings. The van der Waals surface area contributed by atoms with Gasteiger partial charge < -0.3 is 4.74 Å². The zero-order valence-electron chi connectivity index (χ0n) is 15.1. The fraction of sp³-hybridized carbons (Fsp3) is 0.0909. The van der Waals surface area contributed by atoms with Crippen molar-refractivity contribution >= 4 is 35.3 Å². The minimum atomic E-state index is -0.721. The van der Waals surface area contributed by atoms with Crippen LogP contribution in [0.1, 0.15) is 12.5 Å². The summed E-state index contributed by atoms with van der Waals surface area (Å²) in [5.74, 6) is 0.215. The SMILES string of the molecule is C[C@@H](Oc1ccc(-c2ccccc2)cc1)C(=O)N/N=C\c1c(Cl)cccc1Cl. The summed E-state index contributed by atoms with van der Waals surface area (Å²) in [4.78, 5) is 12.2. The van der Waals surface area contributed by atoms with Gasteiger partial charge in [0.15, 0.2) is 6.10 Å². The number of benzene rings is 3. The first-order valence-corrected chi connectivity index (χ1v) is 9.39. The van der Waals surface area contributed by atoms with Crippen molar-refractivity contribution in [3.63, 3.8) is 0 Å². The molecule has 0 spiro atoms. The first-order chi connectivity index (χ1) is 13.5. The maximum atomic E-state index is 12.2. The Bertz CT molecular complexity index is 953. The summed E-state index contributed by atoms with van der Waals surface area (Å²) in [6.07, 6.45) is 0.686. The van der Waals surface area contributed by atoms with Gasteiger partial charge in [0.1, 0.15) is 5.75 Å². The number of rotatable bonds is 6. The summed E-state index contributed by atoms with van der Waals surface area (Å²) in [7, 11) is 0. The number of nitrogens with one attached hydrogen (secondary N) is 1. The number of hydrazone groups is 1. The highest BCUT2D eigenvalue weighted by molar-refractivity contribution is 6.38. The van der Waals surface area contributed by atoms with Gasteiger partial charge in [-0.1, -0.05) is 71.7 Å². The Labute approximate surface area is 173 Å². The van der Waals surface area contributed by atoms with Gasteiger partial charge in [0.25, 0.3) is 5.91 Å². The molecule has 0 aromatic heterocycles. The quantitative estimate of drug-likeness (QED) is 0.424. The second-order valence-corrected chi connectivity index (χ2v) is 6.83. The van der Waals surface area contributed by atoms with Gasteiger partial charge in [-0.3, -0.25) is 4.79 Å². The minimum absolute atomic E-state index is 0.383. The lowest BCUT2D eigenvalue weighted by atomic mass is 10.1. The molecule has 0 saturated carbocycles. The monoisotopic (exact) mass is 412 g/mol. The fourth-order valence-corrected chi connectivity index (χ4v) is 2.99. The molecule has 1 atom stereocenters. The van der Waals surface area contributed by atoms with Crippen molar-refractivity contribution < 1.29 is 9.53 Å². The topological polar surface area (TPSA) is 50.7 Å². The molecule has 0 unspecified atom stereocenters. The van der Waals surface area contributed by atoms with Crippen molar-refractivity contribution in [3.8, 4) is 16.9 Å². The van der Waals surface area contributed by atoms with Gasteiger partial charge in [0.2, 0.25) is 0 Å². The van der Waals surface area contributed by atoms with Crippen LogP contribution in [0, 0.1) is 0 Å². The molecular weight excluding hydrogens is 395 g/mol. The maximum Gasteiger partial charge on any atom is 0.280 e. The van der Waals surface area contributed by atoms with Crippen LogP contribution in [0.5, 0.6) is 5.75 Å². The standard InChI is InChI=1S/C22H18Cl2N2O2/c1-15(22(27)26-25-14-19-20(23)8-5-9-21(19)24)28-18-12-10-17(11-13-18)16-6-3-2-4-7-16/h2-15H,1H3,(H,26,27)/b25-14-/t15-/m1/s1. The average Bonchev–Trinajstić information content (AvgIpc) is 2.71. The van der Waals surface area contributed by atoms with Crippen LogP contribution in [0.2, 0.25) is 10.0 Å². The maximum absolute atomic E-state index is 12.2. The summed E-state index contributed by atoms with van der Waals surface area (Å²) in [6, 6.07) is 22.7. The van der Waals surface area contributed by atoms with E-state index in [1.807, 2.05) is 54.6 Å². The third kappa shape index (κ3) is 5.12. The van der Waals surface area contributed by atoms with Crippen molar-refractivity contribution in [3.05, 3.63) is 88.4 Å². The number of hydrogen-bond acceptors (Lipinski definition) is 3. The molecule has 0 radical (unpaired) electrons. The summed E-state index contributed by atoms with van der Waals surface area (Å²) in [5.41, 5.74) is 5.16. The number of halogens is 2. The number of nitrogens with zero attached hydrogens (tertiary/aromatic N) is 1. The van der Waals surface area contributed by atoms with Crippen LogP contribution in [-0.2, 0) is 4.79 Å². The molecule has 0 saturated heterocycles. The number of carbonyl (C=O) groups excluding carboxylic acids is 1. The van der Waals surface area contributed by atoms with Crippen molar-refractivity contribution in [2.75, 3.05) is 0 Å². The predicted molar refractivity (Wildman–Crippen MR) is 114 cm³/mol. The second-order valence-electron chi connectivity index (χ2n) is 6.02. The molecule has 3 rings (SSSR count). The molecule has 0 aliphatic heterocycles. The van der Waals surface area contributed by atoms with Gasteiger partial charge in [-0.2, -0.15) is 5.10 Å². The van der Waals surface area contributed by atoms with E-state index < -0.39 is 6.10 Å². The summed E-state index contributed by atoms with van der Waals surface area (Å²) in [5, 5.41) is 4.81. The Morgan fingerprint density at radius 2 is 1.54 bits per heavy atom. The molecule has 0 fully saturated rings. The molecule has 3 aromatic rings. The van der Waals surface area contributed by atoms with Crippen molar-refractivity contribution in [1.29, 1.82) is 0 Å². The number of amides is 1. The normalized spacial score (nSPS) is 12.0. The molecule has 142 valence electrons. The molecule has 0 aliphatic carbocycles. The first-order valence-electron chi connectivity index (χ1n) is 8.63. The average molecular weight is 413 g/mol. The zero-order valence-corrected chi connectivity index (χ0v) is 16.6. The predicted octanol–water partition coefficient (Wildman–Crippen LogP) is 5.58. The van der Waals surface area contributed by atoms with Crippen molar-refractivity contribution in [1.82, 2.24) is 5.43 Å². The van der Waals surface area contributed by atoms with E-state index in [-0.39, 0.29) is 5.91 Å². The number of carbonyl (C=O) groups is 1. The smallest absolute Gasteiger partial charge is 0.280 e. The largest absolute Gasteiger partial charge is 0.481 e. The first kappa shape index (κ1) is 19.9. The second kappa shape index (κ2) is 9.40. The van der Waals surface area contributed by atoms with Gasteiger partial charge in [0, 0.05) is 5.56 Å². The van der Waals surface area contributed by atoms with Gasteiger partial charge in [-0.15, -0.1) is 0 Å². The fourth-order valence-electron chi connectivity index (χ4n) is 2.50. The number of hydrogen-bond donors (Lipinski definition) is 1. The van der Waals surface area contributed by atoms with Crippen LogP contribution >= 0.6 is 23.2 Å². The highest BCUT2D eigenvalue weighted by atomic mass is 35.5. The molecule has 6 heteroatoms. The minimum Gasteiger partial charge on any atom is -0.481 e. The Hall–Kier alpha value is -2.82. The van der Waals surface area contributed by atoms with Gasteiger partial charge in [-0.05, 0) is 42.3 Å². The van der Waals surface area contributed by atoms with E-state index in [0.29, 0.717) is 21.4 Å². The van der Waals surface area contributed by atoms with E-state index in [4.69, 9.17) is 27.9 Å². The lowest BCUT2D eigenvalue weighted by molar-refractivity contribution is -0.127. The van der Waals surface area contributed by atoms with Crippen LogP contribution in [-0.4, -0.2) is 18.2 Å². The third-order valence-corrected chi connectivity index (χ3v) is 4.67. The lowest BCUT2D eigenvalue weighted by Gasteiger charge is -2.13. The third-order valence-electron chi connectivity index (χ3n) is 4.01. The van der Waals surface area contributed by atoms with E-state index in [2.05, 4.69) is 10.5 Å². The van der Waals surface area contributed by atoms with Gasteiger partial charge >= 0.3 is 0 Å². The number of ether oxygens (including phenoxy) is 1. The molecule has 4 nitrogen and oxygen atoms in total. The van der Waals surface area contributed by atoms with Gasteiger partial charge in [0.05, 0.1) is 16.3 Å². The van der Waals surface area contributed by atoms with Crippen LogP contribution in [0.15, 0.2) is 77.9 Å². The molecule has 1 N–H and O–H groups in total. The Balaban J connectivity index is 1.57. The van der Waals surface area contributed by atoms with E-state index in [9.17, 15) is 4.79 Å². The van der Waals surface area contributed by atoms with Gasteiger partial charge in [-0.25, -0.2) is 5.43 Å². The molecule has 28 heavy (non-hydrogen) atoms. The van der Waals surface area contributed by atoms with Crippen molar-refractivity contribution in [2.24, 2.45) is 5.10 Å². The van der Waals surface area contributed by atoms with Crippen molar-refractivity contribution in [2.45, 2.75) is 13.0 Å². The highest BCUT2D eigenvalue weighted by Gasteiger charge is 2.14. The molecule has 3 aromatic carbocycles. The van der Waals surface area contributed by atoms with Crippen LogP contribution in [0.3, 0.4) is 0 Å². The van der Waals surface area contributed by atoms with Crippen LogP contribution in [0.4, 0.5) is 0 Å². The lowest BCUT2D eigenvalue weighted by Crippen LogP contribution is -2.33. The zero-order chi connectivity index (χ0) is 19.9. The summed E-state index contributed by atoms with van der Waals surface area (Å²) in [6.45, 7) is 1.65.